The standard InChI is InChI=1S/C19H14BrF2N.C2H6/c1-12-17(22)11-14(13-7-4-3-5-8-13)19(23(12)2)18-15(20)9-6-10-16(18)21;1-2/h3-11H,1H2,2H3;1-2H3. The fraction of sp³-hybridized carbons (Fsp3) is 0.143. The van der Waals surface area contributed by atoms with E-state index in [1.807, 2.05) is 44.2 Å². The molecule has 0 aliphatic carbocycles. The van der Waals surface area contributed by atoms with Crippen LogP contribution in [-0.2, 0) is 0 Å². The third kappa shape index (κ3) is 3.74. The van der Waals surface area contributed by atoms with Crippen LogP contribution < -0.4 is 0 Å². The molecule has 0 saturated carbocycles. The molecule has 130 valence electrons. The second-order valence-corrected chi connectivity index (χ2v) is 6.08. The molecule has 0 radical (unpaired) electrons. The summed E-state index contributed by atoms with van der Waals surface area (Å²) in [6, 6.07) is 14.1. The first-order valence-corrected chi connectivity index (χ1v) is 8.84. The average molecular weight is 404 g/mol. The Hall–Kier alpha value is -2.20. The van der Waals surface area contributed by atoms with Crippen LogP contribution in [0.1, 0.15) is 25.0 Å². The van der Waals surface area contributed by atoms with Crippen molar-refractivity contribution in [2.45, 2.75) is 13.8 Å². The molecule has 0 spiro atoms. The van der Waals surface area contributed by atoms with E-state index in [9.17, 15) is 8.78 Å². The minimum absolute atomic E-state index is 0.204. The fourth-order valence-electron chi connectivity index (χ4n) is 2.62. The maximum Gasteiger partial charge on any atom is 0.146 e. The van der Waals surface area contributed by atoms with Gasteiger partial charge in [-0.2, -0.15) is 0 Å². The van der Waals surface area contributed by atoms with E-state index in [1.165, 1.54) is 12.1 Å². The molecule has 0 aromatic heterocycles. The summed E-state index contributed by atoms with van der Waals surface area (Å²) in [7, 11) is 1.69. The van der Waals surface area contributed by atoms with Gasteiger partial charge in [0.2, 0.25) is 0 Å². The zero-order valence-electron chi connectivity index (χ0n) is 14.5. The molecule has 1 aliphatic rings. The summed E-state index contributed by atoms with van der Waals surface area (Å²) in [5.41, 5.74) is 2.59. The van der Waals surface area contributed by atoms with Gasteiger partial charge in [-0.15, -0.1) is 0 Å². The molecular formula is C21H20BrF2N. The zero-order chi connectivity index (χ0) is 18.6. The monoisotopic (exact) mass is 403 g/mol. The predicted octanol–water partition coefficient (Wildman–Crippen LogP) is 6.80. The molecule has 0 fully saturated rings. The number of likely N-dealkylation sites (N-methyl/N-ethyl adjacent to an activating group) is 1. The van der Waals surface area contributed by atoms with Crippen LogP contribution in [0, 0.1) is 5.82 Å². The minimum atomic E-state index is -0.428. The number of halogens is 3. The van der Waals surface area contributed by atoms with E-state index in [0.29, 0.717) is 21.3 Å². The fourth-order valence-corrected chi connectivity index (χ4v) is 3.15. The number of hydrogen-bond donors (Lipinski definition) is 0. The smallest absolute Gasteiger partial charge is 0.146 e. The molecule has 3 rings (SSSR count). The van der Waals surface area contributed by atoms with Crippen molar-refractivity contribution in [3.63, 3.8) is 0 Å². The highest BCUT2D eigenvalue weighted by atomic mass is 79.9. The molecule has 2 aromatic carbocycles. The Morgan fingerprint density at radius 2 is 1.60 bits per heavy atom. The van der Waals surface area contributed by atoms with E-state index >= 15 is 0 Å². The van der Waals surface area contributed by atoms with Crippen molar-refractivity contribution in [3.8, 4) is 0 Å². The highest BCUT2D eigenvalue weighted by Gasteiger charge is 2.27. The molecule has 25 heavy (non-hydrogen) atoms. The molecule has 0 bridgehead atoms. The third-order valence-electron chi connectivity index (χ3n) is 3.83. The summed E-state index contributed by atoms with van der Waals surface area (Å²) in [5, 5.41) is 0. The number of allylic oxidation sites excluding steroid dienone is 3. The lowest BCUT2D eigenvalue weighted by Gasteiger charge is -2.31. The summed E-state index contributed by atoms with van der Waals surface area (Å²) in [4.78, 5) is 1.58. The first-order chi connectivity index (χ1) is 12.0. The summed E-state index contributed by atoms with van der Waals surface area (Å²) in [6.45, 7) is 7.75. The van der Waals surface area contributed by atoms with Crippen LogP contribution in [0.25, 0.3) is 11.3 Å². The normalized spacial score (nSPS) is 14.1. The van der Waals surface area contributed by atoms with Gasteiger partial charge >= 0.3 is 0 Å². The first kappa shape index (κ1) is 19.1. The van der Waals surface area contributed by atoms with Gasteiger partial charge < -0.3 is 4.90 Å². The summed E-state index contributed by atoms with van der Waals surface area (Å²) in [6.07, 6.45) is 1.41. The van der Waals surface area contributed by atoms with E-state index < -0.39 is 5.83 Å². The second-order valence-electron chi connectivity index (χ2n) is 5.22. The van der Waals surface area contributed by atoms with E-state index in [-0.39, 0.29) is 11.5 Å². The highest BCUT2D eigenvalue weighted by molar-refractivity contribution is 9.10. The maximum atomic E-state index is 14.5. The van der Waals surface area contributed by atoms with Gasteiger partial charge in [-0.1, -0.05) is 56.8 Å². The van der Waals surface area contributed by atoms with E-state index in [0.717, 1.165) is 5.56 Å². The van der Waals surface area contributed by atoms with Crippen molar-refractivity contribution in [1.29, 1.82) is 0 Å². The third-order valence-corrected chi connectivity index (χ3v) is 4.49. The minimum Gasteiger partial charge on any atom is -0.342 e. The van der Waals surface area contributed by atoms with Crippen LogP contribution in [0.2, 0.25) is 0 Å². The lowest BCUT2D eigenvalue weighted by atomic mass is 9.94. The molecular weight excluding hydrogens is 384 g/mol. The molecule has 1 nitrogen and oxygen atoms in total. The lowest BCUT2D eigenvalue weighted by molar-refractivity contribution is 0.524. The topological polar surface area (TPSA) is 3.24 Å². The van der Waals surface area contributed by atoms with Crippen LogP contribution in [-0.4, -0.2) is 11.9 Å². The predicted molar refractivity (Wildman–Crippen MR) is 105 cm³/mol. The quantitative estimate of drug-likeness (QED) is 0.532. The molecule has 0 atom stereocenters. The Kier molecular flexibility index (Phi) is 6.32. The Balaban J connectivity index is 0.00000109. The van der Waals surface area contributed by atoms with E-state index in [2.05, 4.69) is 22.5 Å². The van der Waals surface area contributed by atoms with Gasteiger partial charge in [-0.05, 0) is 39.7 Å². The van der Waals surface area contributed by atoms with Crippen LogP contribution >= 0.6 is 15.9 Å². The molecule has 1 heterocycles. The Morgan fingerprint density at radius 3 is 2.20 bits per heavy atom. The van der Waals surface area contributed by atoms with Gasteiger partial charge in [-0.3, -0.25) is 0 Å². The molecule has 0 amide bonds. The SMILES string of the molecule is C=C1C(F)=CC(c2ccccc2)=C(c2c(F)cccc2Br)N1C.CC. The molecule has 4 heteroatoms. The van der Waals surface area contributed by atoms with Crippen LogP contribution in [0.3, 0.4) is 0 Å². The van der Waals surface area contributed by atoms with Gasteiger partial charge in [0.05, 0.1) is 11.4 Å². The van der Waals surface area contributed by atoms with E-state index in [1.54, 1.807) is 24.1 Å². The summed E-state index contributed by atoms with van der Waals surface area (Å²) < 4.78 is 29.3. The maximum absolute atomic E-state index is 14.5. The van der Waals surface area contributed by atoms with Crippen LogP contribution in [0.5, 0.6) is 0 Å². The number of rotatable bonds is 2. The Labute approximate surface area is 156 Å². The van der Waals surface area contributed by atoms with Crippen molar-refractivity contribution in [3.05, 3.63) is 94.1 Å². The number of hydrogen-bond acceptors (Lipinski definition) is 1. The van der Waals surface area contributed by atoms with Crippen LogP contribution in [0.15, 0.2) is 77.2 Å². The van der Waals surface area contributed by atoms with Crippen molar-refractivity contribution >= 4 is 27.2 Å². The number of benzene rings is 2. The molecule has 1 aliphatic heterocycles. The molecule has 0 saturated heterocycles. The van der Waals surface area contributed by atoms with Gasteiger partial charge in [0.15, 0.2) is 0 Å². The molecule has 0 unspecified atom stereocenters. The van der Waals surface area contributed by atoms with Gasteiger partial charge in [0.1, 0.15) is 11.6 Å². The van der Waals surface area contributed by atoms with E-state index in [4.69, 9.17) is 0 Å². The van der Waals surface area contributed by atoms with Crippen molar-refractivity contribution < 1.29 is 8.78 Å². The van der Waals surface area contributed by atoms with Gasteiger partial charge in [-0.25, -0.2) is 8.78 Å². The molecule has 2 aromatic rings. The van der Waals surface area contributed by atoms with Crippen LogP contribution in [0.4, 0.5) is 8.78 Å². The largest absolute Gasteiger partial charge is 0.342 e. The Bertz CT molecular complexity index is 818. The zero-order valence-corrected chi connectivity index (χ0v) is 16.1. The summed E-state index contributed by atoms with van der Waals surface area (Å²) >= 11 is 3.40. The van der Waals surface area contributed by atoms with Crippen molar-refractivity contribution in [2.75, 3.05) is 7.05 Å². The highest BCUT2D eigenvalue weighted by Crippen LogP contribution is 2.41. The van der Waals surface area contributed by atoms with Crippen molar-refractivity contribution in [2.24, 2.45) is 0 Å². The second kappa shape index (κ2) is 8.26. The number of nitrogens with zero attached hydrogens (tertiary/aromatic N) is 1. The lowest BCUT2D eigenvalue weighted by Crippen LogP contribution is -2.21. The van der Waals surface area contributed by atoms with Gasteiger partial charge in [0, 0.05) is 22.7 Å². The first-order valence-electron chi connectivity index (χ1n) is 8.05. The summed E-state index contributed by atoms with van der Waals surface area (Å²) in [5.74, 6) is -0.805. The Morgan fingerprint density at radius 1 is 0.960 bits per heavy atom. The van der Waals surface area contributed by atoms with Gasteiger partial charge in [0.25, 0.3) is 0 Å². The molecule has 0 N–H and O–H groups in total. The average Bonchev–Trinajstić information content (AvgIpc) is 2.63. The van der Waals surface area contributed by atoms with Crippen molar-refractivity contribution in [1.82, 2.24) is 4.90 Å².